The summed E-state index contributed by atoms with van der Waals surface area (Å²) in [5.41, 5.74) is -0.233. The molecule has 2 heterocycles. The van der Waals surface area contributed by atoms with E-state index in [1.165, 1.54) is 30.7 Å². The van der Waals surface area contributed by atoms with Gasteiger partial charge in [-0.05, 0) is 26.0 Å². The van der Waals surface area contributed by atoms with Crippen molar-refractivity contribution in [3.05, 3.63) is 57.2 Å². The Hall–Kier alpha value is -3.24. The lowest BCUT2D eigenvalue weighted by atomic mass is 10.1. The van der Waals surface area contributed by atoms with E-state index in [0.717, 1.165) is 12.1 Å². The average Bonchev–Trinajstić information content (AvgIpc) is 3.12. The minimum Gasteiger partial charge on any atom is -0.337 e. The molecule has 0 radical (unpaired) electrons. The number of alkyl halides is 3. The van der Waals surface area contributed by atoms with Crippen LogP contribution in [0.15, 0.2) is 28.8 Å². The van der Waals surface area contributed by atoms with Gasteiger partial charge in [-0.15, -0.1) is 0 Å². The molecule has 0 saturated carbocycles. The van der Waals surface area contributed by atoms with Gasteiger partial charge in [0, 0.05) is 5.56 Å². The fraction of sp³-hybridized carbons (Fsp3) is 0.267. The van der Waals surface area contributed by atoms with E-state index in [-0.39, 0.29) is 35.2 Å². The maximum absolute atomic E-state index is 12.8. The van der Waals surface area contributed by atoms with E-state index in [1.54, 1.807) is 0 Å². The first-order valence-electron chi connectivity index (χ1n) is 7.35. The first-order chi connectivity index (χ1) is 12.2. The van der Waals surface area contributed by atoms with Crippen molar-refractivity contribution in [3.8, 4) is 11.4 Å². The number of aryl methyl sites for hydroxylation is 1. The maximum Gasteiger partial charge on any atom is 0.416 e. The molecule has 1 aromatic carbocycles. The predicted molar refractivity (Wildman–Crippen MR) is 82.2 cm³/mol. The fourth-order valence-electron chi connectivity index (χ4n) is 2.50. The van der Waals surface area contributed by atoms with Crippen molar-refractivity contribution in [1.82, 2.24) is 19.9 Å². The van der Waals surface area contributed by atoms with Gasteiger partial charge in [0.1, 0.15) is 17.9 Å². The predicted octanol–water partition coefficient (Wildman–Crippen LogP) is 3.53. The van der Waals surface area contributed by atoms with Gasteiger partial charge in [0.25, 0.3) is 0 Å². The highest BCUT2D eigenvalue weighted by Gasteiger charge is 2.31. The van der Waals surface area contributed by atoms with Crippen molar-refractivity contribution in [2.45, 2.75) is 26.6 Å². The Morgan fingerprint density at radius 3 is 2.65 bits per heavy atom. The highest BCUT2D eigenvalue weighted by atomic mass is 19.4. The van der Waals surface area contributed by atoms with E-state index in [1.807, 2.05) is 0 Å². The number of aromatic nitrogens is 4. The minimum atomic E-state index is -4.48. The molecule has 2 aromatic heterocycles. The first-order valence-corrected chi connectivity index (χ1v) is 7.35. The van der Waals surface area contributed by atoms with Crippen LogP contribution in [-0.4, -0.2) is 24.8 Å². The van der Waals surface area contributed by atoms with Crippen LogP contribution in [0.1, 0.15) is 22.8 Å². The third-order valence-corrected chi connectivity index (χ3v) is 3.73. The molecule has 0 amide bonds. The molecular formula is C15H12F3N5O3. The summed E-state index contributed by atoms with van der Waals surface area (Å²) in [5, 5.41) is 18.7. The van der Waals surface area contributed by atoms with Crippen LogP contribution >= 0.6 is 0 Å². The van der Waals surface area contributed by atoms with Gasteiger partial charge in [-0.25, -0.2) is 0 Å². The zero-order valence-corrected chi connectivity index (χ0v) is 13.6. The number of nitrogens with zero attached hydrogens (tertiary/aromatic N) is 5. The van der Waals surface area contributed by atoms with E-state index in [4.69, 9.17) is 4.52 Å². The number of halogens is 3. The van der Waals surface area contributed by atoms with Crippen LogP contribution in [0.4, 0.5) is 18.9 Å². The number of benzene rings is 1. The van der Waals surface area contributed by atoms with Gasteiger partial charge >= 0.3 is 11.9 Å². The van der Waals surface area contributed by atoms with E-state index < -0.39 is 16.7 Å². The van der Waals surface area contributed by atoms with Crippen molar-refractivity contribution in [2.75, 3.05) is 0 Å². The zero-order valence-electron chi connectivity index (χ0n) is 13.6. The van der Waals surface area contributed by atoms with Crippen LogP contribution in [0.2, 0.25) is 0 Å². The van der Waals surface area contributed by atoms with E-state index >= 15 is 0 Å². The van der Waals surface area contributed by atoms with Crippen molar-refractivity contribution in [2.24, 2.45) is 0 Å². The van der Waals surface area contributed by atoms with Crippen molar-refractivity contribution < 1.29 is 22.6 Å². The Morgan fingerprint density at radius 1 is 1.31 bits per heavy atom. The largest absolute Gasteiger partial charge is 0.416 e. The maximum atomic E-state index is 12.8. The van der Waals surface area contributed by atoms with Gasteiger partial charge < -0.3 is 4.52 Å². The SMILES string of the molecule is Cc1nn(Cc2nc(-c3cccc(C(F)(F)F)c3)no2)c(C)c1[N+](=O)[O-]. The Morgan fingerprint density at radius 2 is 2.04 bits per heavy atom. The summed E-state index contributed by atoms with van der Waals surface area (Å²) in [6, 6.07) is 4.54. The second kappa shape index (κ2) is 6.24. The van der Waals surface area contributed by atoms with Crippen molar-refractivity contribution >= 4 is 5.69 Å². The topological polar surface area (TPSA) is 99.9 Å². The van der Waals surface area contributed by atoms with Crippen LogP contribution in [-0.2, 0) is 12.7 Å². The molecular weight excluding hydrogens is 355 g/mol. The monoisotopic (exact) mass is 367 g/mol. The second-order valence-corrected chi connectivity index (χ2v) is 5.52. The second-order valence-electron chi connectivity index (χ2n) is 5.52. The van der Waals surface area contributed by atoms with Crippen LogP contribution in [0.5, 0.6) is 0 Å². The molecule has 136 valence electrons. The lowest BCUT2D eigenvalue weighted by Crippen LogP contribution is -2.05. The number of rotatable bonds is 4. The third-order valence-electron chi connectivity index (χ3n) is 3.73. The molecule has 0 bridgehead atoms. The Kier molecular flexibility index (Phi) is 4.22. The highest BCUT2D eigenvalue weighted by molar-refractivity contribution is 5.55. The Bertz CT molecular complexity index is 977. The number of nitro groups is 1. The molecule has 0 fully saturated rings. The molecule has 0 aliphatic carbocycles. The first kappa shape index (κ1) is 17.6. The van der Waals surface area contributed by atoms with Crippen LogP contribution in [0.25, 0.3) is 11.4 Å². The molecule has 0 aliphatic rings. The molecule has 8 nitrogen and oxygen atoms in total. The molecule has 3 rings (SSSR count). The summed E-state index contributed by atoms with van der Waals surface area (Å²) in [4.78, 5) is 14.5. The molecule has 0 N–H and O–H groups in total. The quantitative estimate of drug-likeness (QED) is 0.517. The lowest BCUT2D eigenvalue weighted by molar-refractivity contribution is -0.386. The van der Waals surface area contributed by atoms with Gasteiger partial charge in [0.2, 0.25) is 11.7 Å². The van der Waals surface area contributed by atoms with Gasteiger partial charge in [-0.3, -0.25) is 14.8 Å². The molecule has 3 aromatic rings. The average molecular weight is 367 g/mol. The summed E-state index contributed by atoms with van der Waals surface area (Å²) in [6.45, 7) is 3.00. The molecule has 11 heteroatoms. The highest BCUT2D eigenvalue weighted by Crippen LogP contribution is 2.31. The van der Waals surface area contributed by atoms with Gasteiger partial charge in [0.05, 0.1) is 10.5 Å². The van der Waals surface area contributed by atoms with Crippen molar-refractivity contribution in [3.63, 3.8) is 0 Å². The normalized spacial score (nSPS) is 11.7. The molecule has 0 unspecified atom stereocenters. The fourth-order valence-corrected chi connectivity index (χ4v) is 2.50. The van der Waals surface area contributed by atoms with Gasteiger partial charge in [-0.1, -0.05) is 17.3 Å². The third kappa shape index (κ3) is 3.27. The molecule has 26 heavy (non-hydrogen) atoms. The van der Waals surface area contributed by atoms with Gasteiger partial charge in [-0.2, -0.15) is 23.3 Å². The summed E-state index contributed by atoms with van der Waals surface area (Å²) < 4.78 is 44.8. The zero-order chi connectivity index (χ0) is 19.1. The smallest absolute Gasteiger partial charge is 0.337 e. The summed E-state index contributed by atoms with van der Waals surface area (Å²) >= 11 is 0. The standard InChI is InChI=1S/C15H12F3N5O3/c1-8-13(23(24)25)9(2)22(20-8)7-12-19-14(21-26-12)10-4-3-5-11(6-10)15(16,17)18/h3-6H,7H2,1-2H3. The molecule has 0 saturated heterocycles. The minimum absolute atomic E-state index is 0.0119. The van der Waals surface area contributed by atoms with Crippen LogP contribution in [0.3, 0.4) is 0 Å². The Balaban J connectivity index is 1.88. The Labute approximate surface area is 144 Å². The van der Waals surface area contributed by atoms with Gasteiger partial charge in [0.15, 0.2) is 0 Å². The van der Waals surface area contributed by atoms with Crippen LogP contribution in [0, 0.1) is 24.0 Å². The summed E-state index contributed by atoms with van der Waals surface area (Å²) in [7, 11) is 0. The number of hydrogen-bond donors (Lipinski definition) is 0. The van der Waals surface area contributed by atoms with Crippen molar-refractivity contribution in [1.29, 1.82) is 0 Å². The van der Waals surface area contributed by atoms with Crippen LogP contribution < -0.4 is 0 Å². The van der Waals surface area contributed by atoms with E-state index in [2.05, 4.69) is 15.2 Å². The van der Waals surface area contributed by atoms with E-state index in [0.29, 0.717) is 5.69 Å². The molecule has 0 atom stereocenters. The number of hydrogen-bond acceptors (Lipinski definition) is 6. The summed E-state index contributed by atoms with van der Waals surface area (Å²) in [6.07, 6.45) is -4.48. The van der Waals surface area contributed by atoms with E-state index in [9.17, 15) is 23.3 Å². The lowest BCUT2D eigenvalue weighted by Gasteiger charge is -2.06. The molecule has 0 aliphatic heterocycles. The molecule has 0 spiro atoms. The summed E-state index contributed by atoms with van der Waals surface area (Å²) in [5.74, 6) is 0.0556.